The van der Waals surface area contributed by atoms with E-state index in [1.165, 1.54) is 4.90 Å². The number of hydrogen-bond acceptors (Lipinski definition) is 4. The summed E-state index contributed by atoms with van der Waals surface area (Å²) in [6.45, 7) is 6.21. The Morgan fingerprint density at radius 2 is 1.42 bits per heavy atom. The average molecular weight is 536 g/mol. The molecule has 0 saturated heterocycles. The molecule has 0 aliphatic carbocycles. The largest absolute Gasteiger partial charge is 0.354 e. The number of sulfonamides is 1. The van der Waals surface area contributed by atoms with Crippen molar-refractivity contribution < 1.29 is 18.0 Å². The highest BCUT2D eigenvalue weighted by Crippen LogP contribution is 2.20. The van der Waals surface area contributed by atoms with E-state index in [9.17, 15) is 18.0 Å². The monoisotopic (exact) mass is 535 g/mol. The van der Waals surface area contributed by atoms with Crippen molar-refractivity contribution in [1.29, 1.82) is 0 Å². The first-order valence-electron chi connectivity index (χ1n) is 12.7. The number of benzene rings is 3. The summed E-state index contributed by atoms with van der Waals surface area (Å²) < 4.78 is 26.6. The van der Waals surface area contributed by atoms with Gasteiger partial charge in [0.1, 0.15) is 12.6 Å². The lowest BCUT2D eigenvalue weighted by atomic mass is 10.0. The maximum absolute atomic E-state index is 14.0. The minimum Gasteiger partial charge on any atom is -0.354 e. The van der Waals surface area contributed by atoms with Crippen LogP contribution in [-0.4, -0.2) is 50.5 Å². The highest BCUT2D eigenvalue weighted by molar-refractivity contribution is 7.92. The Morgan fingerprint density at radius 1 is 0.842 bits per heavy atom. The van der Waals surface area contributed by atoms with Crippen LogP contribution in [-0.2, 0) is 32.6 Å². The number of carbonyl (C=O) groups is 2. The van der Waals surface area contributed by atoms with Gasteiger partial charge < -0.3 is 10.2 Å². The molecule has 0 unspecified atom stereocenters. The summed E-state index contributed by atoms with van der Waals surface area (Å²) in [6.07, 6.45) is 1.38. The molecule has 202 valence electrons. The van der Waals surface area contributed by atoms with Crippen LogP contribution in [0.25, 0.3) is 0 Å². The van der Waals surface area contributed by atoms with Crippen molar-refractivity contribution in [3.05, 3.63) is 102 Å². The fraction of sp³-hybridized carbons (Fsp3) is 0.333. The van der Waals surface area contributed by atoms with Gasteiger partial charge in [-0.3, -0.25) is 13.9 Å². The zero-order valence-corrected chi connectivity index (χ0v) is 23.3. The van der Waals surface area contributed by atoms with Crippen LogP contribution < -0.4 is 9.62 Å². The maximum atomic E-state index is 14.0. The van der Waals surface area contributed by atoms with Gasteiger partial charge in [0, 0.05) is 19.5 Å². The summed E-state index contributed by atoms with van der Waals surface area (Å²) in [4.78, 5) is 29.0. The van der Waals surface area contributed by atoms with E-state index in [0.717, 1.165) is 27.3 Å². The van der Waals surface area contributed by atoms with Crippen LogP contribution in [0.5, 0.6) is 0 Å². The van der Waals surface area contributed by atoms with E-state index < -0.39 is 28.5 Å². The van der Waals surface area contributed by atoms with E-state index in [2.05, 4.69) is 5.32 Å². The van der Waals surface area contributed by atoms with Crippen LogP contribution in [0.3, 0.4) is 0 Å². The van der Waals surface area contributed by atoms with Crippen molar-refractivity contribution in [3.63, 3.8) is 0 Å². The lowest BCUT2D eigenvalue weighted by Crippen LogP contribution is -2.53. The summed E-state index contributed by atoms with van der Waals surface area (Å²) in [7, 11) is -3.77. The molecule has 3 rings (SSSR count). The summed E-state index contributed by atoms with van der Waals surface area (Å²) >= 11 is 0. The molecule has 8 heteroatoms. The summed E-state index contributed by atoms with van der Waals surface area (Å²) in [5.74, 6) is -0.495. The smallest absolute Gasteiger partial charge is 0.244 e. The number of amides is 2. The van der Waals surface area contributed by atoms with Gasteiger partial charge in [0.05, 0.1) is 11.9 Å². The van der Waals surface area contributed by atoms with Gasteiger partial charge in [-0.15, -0.1) is 0 Å². The Bertz CT molecular complexity index is 1290. The fourth-order valence-corrected chi connectivity index (χ4v) is 4.92. The highest BCUT2D eigenvalue weighted by atomic mass is 32.2. The van der Waals surface area contributed by atoms with E-state index in [1.807, 2.05) is 75.4 Å². The number of anilines is 1. The average Bonchev–Trinajstić information content (AvgIpc) is 2.89. The van der Waals surface area contributed by atoms with Crippen molar-refractivity contribution >= 4 is 27.5 Å². The zero-order valence-electron chi connectivity index (χ0n) is 22.5. The second-order valence-electron chi connectivity index (χ2n) is 9.96. The quantitative estimate of drug-likeness (QED) is 0.377. The van der Waals surface area contributed by atoms with Crippen molar-refractivity contribution in [3.8, 4) is 0 Å². The second kappa shape index (κ2) is 13.2. The molecule has 38 heavy (non-hydrogen) atoms. The predicted molar refractivity (Wildman–Crippen MR) is 152 cm³/mol. The van der Waals surface area contributed by atoms with E-state index in [4.69, 9.17) is 0 Å². The maximum Gasteiger partial charge on any atom is 0.244 e. The molecule has 0 aliphatic rings. The van der Waals surface area contributed by atoms with Crippen LogP contribution in [0.15, 0.2) is 84.9 Å². The molecule has 0 saturated carbocycles. The number of hydrogen-bond donors (Lipinski definition) is 1. The molecule has 7 nitrogen and oxygen atoms in total. The van der Waals surface area contributed by atoms with E-state index in [0.29, 0.717) is 18.7 Å². The Kier molecular flexibility index (Phi) is 10.1. The normalized spacial score (nSPS) is 12.1. The standard InChI is InChI=1S/C30H37N3O4S/c1-23(2)20-31-30(35)28(19-25-11-7-5-8-12-25)32(21-26-17-15-24(3)16-18-26)29(34)22-33(38(4,36)37)27-13-9-6-10-14-27/h5-18,23,28H,19-22H2,1-4H3,(H,31,35)/t28-/m0/s1. The van der Waals surface area contributed by atoms with Crippen LogP contribution in [0.1, 0.15) is 30.5 Å². The van der Waals surface area contributed by atoms with Crippen molar-refractivity contribution in [2.45, 2.75) is 39.8 Å². The van der Waals surface area contributed by atoms with Crippen LogP contribution in [0.2, 0.25) is 0 Å². The van der Waals surface area contributed by atoms with Crippen LogP contribution >= 0.6 is 0 Å². The van der Waals surface area contributed by atoms with Gasteiger partial charge in [-0.05, 0) is 36.1 Å². The first-order chi connectivity index (χ1) is 18.0. The number of carbonyl (C=O) groups excluding carboxylic acids is 2. The topological polar surface area (TPSA) is 86.8 Å². The third-order valence-corrected chi connectivity index (χ3v) is 7.29. The van der Waals surface area contributed by atoms with Crippen molar-refractivity contribution in [2.24, 2.45) is 5.92 Å². The number of para-hydroxylation sites is 1. The molecule has 3 aromatic rings. The molecule has 0 radical (unpaired) electrons. The minimum absolute atomic E-state index is 0.165. The second-order valence-corrected chi connectivity index (χ2v) is 11.9. The van der Waals surface area contributed by atoms with Gasteiger partial charge in [-0.25, -0.2) is 8.42 Å². The Labute approximate surface area is 226 Å². The lowest BCUT2D eigenvalue weighted by Gasteiger charge is -2.33. The molecule has 0 bridgehead atoms. The van der Waals surface area contributed by atoms with Gasteiger partial charge in [-0.1, -0.05) is 92.2 Å². The number of rotatable bonds is 12. The fourth-order valence-electron chi connectivity index (χ4n) is 4.07. The lowest BCUT2D eigenvalue weighted by molar-refractivity contribution is -0.140. The van der Waals surface area contributed by atoms with E-state index >= 15 is 0 Å². The highest BCUT2D eigenvalue weighted by Gasteiger charge is 2.33. The molecular formula is C30H37N3O4S. The molecule has 0 aromatic heterocycles. The summed E-state index contributed by atoms with van der Waals surface area (Å²) in [6, 6.07) is 25.0. The molecule has 1 N–H and O–H groups in total. The Hall–Kier alpha value is -3.65. The number of nitrogens with one attached hydrogen (secondary N) is 1. The van der Waals surface area contributed by atoms with Gasteiger partial charge in [-0.2, -0.15) is 0 Å². The van der Waals surface area contributed by atoms with Crippen molar-refractivity contribution in [2.75, 3.05) is 23.7 Å². The van der Waals surface area contributed by atoms with Gasteiger partial charge in [0.15, 0.2) is 0 Å². The molecule has 0 aliphatic heterocycles. The Morgan fingerprint density at radius 3 is 1.97 bits per heavy atom. The van der Waals surface area contributed by atoms with Gasteiger partial charge in [0.2, 0.25) is 21.8 Å². The molecule has 3 aromatic carbocycles. The Balaban J connectivity index is 2.02. The summed E-state index contributed by atoms with van der Waals surface area (Å²) in [5.41, 5.74) is 3.23. The van der Waals surface area contributed by atoms with Gasteiger partial charge in [0.25, 0.3) is 0 Å². The van der Waals surface area contributed by atoms with E-state index in [1.54, 1.807) is 30.3 Å². The number of nitrogens with zero attached hydrogens (tertiary/aromatic N) is 2. The molecular weight excluding hydrogens is 498 g/mol. The van der Waals surface area contributed by atoms with Gasteiger partial charge >= 0.3 is 0 Å². The third-order valence-electron chi connectivity index (χ3n) is 6.15. The number of aryl methyl sites for hydroxylation is 1. The molecule has 0 heterocycles. The van der Waals surface area contributed by atoms with E-state index in [-0.39, 0.29) is 18.4 Å². The third kappa shape index (κ3) is 8.45. The van der Waals surface area contributed by atoms with Crippen LogP contribution in [0.4, 0.5) is 5.69 Å². The minimum atomic E-state index is -3.77. The SMILES string of the molecule is Cc1ccc(CN(C(=O)CN(c2ccccc2)S(C)(=O)=O)[C@@H](Cc2ccccc2)C(=O)NCC(C)C)cc1. The van der Waals surface area contributed by atoms with Crippen LogP contribution in [0, 0.1) is 12.8 Å². The molecule has 1 atom stereocenters. The first kappa shape index (κ1) is 28.9. The summed E-state index contributed by atoms with van der Waals surface area (Å²) in [5, 5.41) is 2.98. The first-order valence-corrected chi connectivity index (χ1v) is 14.6. The van der Waals surface area contributed by atoms with Crippen molar-refractivity contribution in [1.82, 2.24) is 10.2 Å². The predicted octanol–water partition coefficient (Wildman–Crippen LogP) is 4.17. The molecule has 0 spiro atoms. The molecule has 2 amide bonds. The molecule has 0 fully saturated rings. The zero-order chi connectivity index (χ0) is 27.7.